The van der Waals surface area contributed by atoms with Crippen molar-refractivity contribution in [2.75, 3.05) is 18.9 Å². The summed E-state index contributed by atoms with van der Waals surface area (Å²) in [5.41, 5.74) is 1.99. The summed E-state index contributed by atoms with van der Waals surface area (Å²) in [6.45, 7) is 13.8. The number of ether oxygens (including phenoxy) is 1. The van der Waals surface area contributed by atoms with Crippen molar-refractivity contribution >= 4 is 11.8 Å². The molecule has 0 aliphatic carbocycles. The molecule has 0 fully saturated rings. The highest BCUT2D eigenvalue weighted by molar-refractivity contribution is 5.68. The molecule has 1 rings (SSSR count). The maximum absolute atomic E-state index is 12.1. The lowest BCUT2D eigenvalue weighted by Gasteiger charge is -2.25. The Balaban J connectivity index is 2.68. The van der Waals surface area contributed by atoms with E-state index < -0.39 is 5.60 Å². The van der Waals surface area contributed by atoms with Crippen LogP contribution in [0.1, 0.15) is 53.5 Å². The quantitative estimate of drug-likeness (QED) is 0.839. The number of nitrogens with one attached hydrogen (secondary N) is 1. The molecule has 4 nitrogen and oxygen atoms in total. The number of rotatable bonds is 5. The Hall–Kier alpha value is -1.71. The van der Waals surface area contributed by atoms with Crippen molar-refractivity contribution in [2.45, 2.75) is 60.1 Å². The van der Waals surface area contributed by atoms with E-state index in [0.717, 1.165) is 24.2 Å². The Kier molecular flexibility index (Phi) is 6.48. The minimum atomic E-state index is -0.476. The van der Waals surface area contributed by atoms with Crippen LogP contribution in [0.3, 0.4) is 0 Å². The SMILES string of the molecule is CN(Cc1ccccc1NCCC(C)(C)C)C(=O)OC(C)(C)C. The summed E-state index contributed by atoms with van der Waals surface area (Å²) in [5, 5.41) is 3.48. The van der Waals surface area contributed by atoms with E-state index in [1.54, 1.807) is 11.9 Å². The third-order valence-electron chi connectivity index (χ3n) is 3.32. The van der Waals surface area contributed by atoms with Gasteiger partial charge in [0.15, 0.2) is 0 Å². The molecular formula is C19H32N2O2. The molecule has 0 heterocycles. The van der Waals surface area contributed by atoms with Crippen LogP contribution in [0.4, 0.5) is 10.5 Å². The van der Waals surface area contributed by atoms with E-state index in [2.05, 4.69) is 32.2 Å². The molecule has 0 saturated heterocycles. The Morgan fingerprint density at radius 1 is 1.13 bits per heavy atom. The molecule has 1 amide bonds. The van der Waals surface area contributed by atoms with Crippen molar-refractivity contribution in [3.8, 4) is 0 Å². The maximum Gasteiger partial charge on any atom is 0.410 e. The van der Waals surface area contributed by atoms with Crippen molar-refractivity contribution in [3.63, 3.8) is 0 Å². The molecule has 4 heteroatoms. The first-order valence-corrected chi connectivity index (χ1v) is 8.24. The van der Waals surface area contributed by atoms with Crippen LogP contribution < -0.4 is 5.32 Å². The van der Waals surface area contributed by atoms with Gasteiger partial charge in [0, 0.05) is 19.3 Å². The largest absolute Gasteiger partial charge is 0.444 e. The van der Waals surface area contributed by atoms with Crippen LogP contribution in [-0.4, -0.2) is 30.2 Å². The lowest BCUT2D eigenvalue weighted by molar-refractivity contribution is 0.0285. The third kappa shape index (κ3) is 7.91. The van der Waals surface area contributed by atoms with E-state index in [1.807, 2.05) is 39.0 Å². The van der Waals surface area contributed by atoms with Gasteiger partial charge in [-0.05, 0) is 44.2 Å². The molecule has 1 N–H and O–H groups in total. The van der Waals surface area contributed by atoms with Crippen molar-refractivity contribution in [2.24, 2.45) is 5.41 Å². The van der Waals surface area contributed by atoms with Crippen LogP contribution in [0, 0.1) is 5.41 Å². The van der Waals surface area contributed by atoms with Gasteiger partial charge in [0.05, 0.1) is 6.54 Å². The second-order valence-corrected chi connectivity index (χ2v) is 8.23. The lowest BCUT2D eigenvalue weighted by atomic mass is 9.92. The van der Waals surface area contributed by atoms with Crippen molar-refractivity contribution in [3.05, 3.63) is 29.8 Å². The zero-order valence-corrected chi connectivity index (χ0v) is 15.7. The number of hydrogen-bond donors (Lipinski definition) is 1. The molecule has 0 aliphatic rings. The molecule has 0 bridgehead atoms. The van der Waals surface area contributed by atoms with Gasteiger partial charge in [0.2, 0.25) is 0 Å². The minimum absolute atomic E-state index is 0.301. The Morgan fingerprint density at radius 3 is 2.30 bits per heavy atom. The van der Waals surface area contributed by atoms with E-state index >= 15 is 0 Å². The zero-order chi connectivity index (χ0) is 17.7. The van der Waals surface area contributed by atoms with Crippen LogP contribution in [-0.2, 0) is 11.3 Å². The molecule has 0 radical (unpaired) electrons. The van der Waals surface area contributed by atoms with Crippen LogP contribution in [0.25, 0.3) is 0 Å². The first-order chi connectivity index (χ1) is 10.5. The third-order valence-corrected chi connectivity index (χ3v) is 3.32. The van der Waals surface area contributed by atoms with Crippen molar-refractivity contribution < 1.29 is 9.53 Å². The van der Waals surface area contributed by atoms with E-state index in [0.29, 0.717) is 12.0 Å². The lowest BCUT2D eigenvalue weighted by Crippen LogP contribution is -2.34. The summed E-state index contributed by atoms with van der Waals surface area (Å²) in [6.07, 6.45) is 0.783. The summed E-state index contributed by atoms with van der Waals surface area (Å²) in [4.78, 5) is 13.7. The maximum atomic E-state index is 12.1. The highest BCUT2D eigenvalue weighted by Crippen LogP contribution is 2.21. The van der Waals surface area contributed by atoms with Crippen LogP contribution >= 0.6 is 0 Å². The van der Waals surface area contributed by atoms with Crippen molar-refractivity contribution in [1.82, 2.24) is 4.90 Å². The number of hydrogen-bond acceptors (Lipinski definition) is 3. The molecule has 0 aromatic heterocycles. The highest BCUT2D eigenvalue weighted by Gasteiger charge is 2.20. The first-order valence-electron chi connectivity index (χ1n) is 8.24. The van der Waals surface area contributed by atoms with Gasteiger partial charge in [-0.3, -0.25) is 0 Å². The normalized spacial score (nSPS) is 12.0. The minimum Gasteiger partial charge on any atom is -0.444 e. The zero-order valence-electron chi connectivity index (χ0n) is 15.7. The summed E-state index contributed by atoms with van der Waals surface area (Å²) >= 11 is 0. The number of carbonyl (C=O) groups excluding carboxylic acids is 1. The molecule has 23 heavy (non-hydrogen) atoms. The van der Waals surface area contributed by atoms with Gasteiger partial charge in [-0.1, -0.05) is 39.0 Å². The Morgan fingerprint density at radius 2 is 1.74 bits per heavy atom. The number of amides is 1. The number of anilines is 1. The van der Waals surface area contributed by atoms with Gasteiger partial charge in [-0.15, -0.1) is 0 Å². The fourth-order valence-electron chi connectivity index (χ4n) is 2.06. The predicted molar refractivity (Wildman–Crippen MR) is 96.7 cm³/mol. The fraction of sp³-hybridized carbons (Fsp3) is 0.632. The van der Waals surface area contributed by atoms with Gasteiger partial charge >= 0.3 is 6.09 Å². The van der Waals surface area contributed by atoms with Crippen LogP contribution in [0.2, 0.25) is 0 Å². The molecule has 0 spiro atoms. The molecule has 130 valence electrons. The van der Waals surface area contributed by atoms with Crippen molar-refractivity contribution in [1.29, 1.82) is 0 Å². The number of benzene rings is 1. The smallest absolute Gasteiger partial charge is 0.410 e. The molecule has 0 atom stereocenters. The fourth-order valence-corrected chi connectivity index (χ4v) is 2.06. The molecule has 1 aromatic carbocycles. The number of para-hydroxylation sites is 1. The van der Waals surface area contributed by atoms with Gasteiger partial charge in [0.25, 0.3) is 0 Å². The average Bonchev–Trinajstić information content (AvgIpc) is 2.37. The Labute approximate surface area is 141 Å². The molecule has 0 saturated carbocycles. The predicted octanol–water partition coefficient (Wildman–Crippen LogP) is 4.90. The van der Waals surface area contributed by atoms with Gasteiger partial charge < -0.3 is 15.0 Å². The van der Waals surface area contributed by atoms with E-state index in [9.17, 15) is 4.79 Å². The van der Waals surface area contributed by atoms with E-state index in [-0.39, 0.29) is 6.09 Å². The summed E-state index contributed by atoms with van der Waals surface area (Å²) in [6, 6.07) is 8.10. The van der Waals surface area contributed by atoms with Crippen LogP contribution in [0.5, 0.6) is 0 Å². The van der Waals surface area contributed by atoms with E-state index in [1.165, 1.54) is 0 Å². The molecule has 1 aromatic rings. The number of carbonyl (C=O) groups is 1. The van der Waals surface area contributed by atoms with Gasteiger partial charge in [-0.25, -0.2) is 4.79 Å². The Bertz CT molecular complexity index is 513. The summed E-state index contributed by atoms with van der Waals surface area (Å²) in [7, 11) is 1.76. The average molecular weight is 320 g/mol. The second kappa shape index (κ2) is 7.71. The topological polar surface area (TPSA) is 41.6 Å². The molecule has 0 unspecified atom stereocenters. The summed E-state index contributed by atoms with van der Waals surface area (Å²) in [5.74, 6) is 0. The highest BCUT2D eigenvalue weighted by atomic mass is 16.6. The van der Waals surface area contributed by atoms with Gasteiger partial charge in [-0.2, -0.15) is 0 Å². The molecule has 0 aliphatic heterocycles. The van der Waals surface area contributed by atoms with Crippen LogP contribution in [0.15, 0.2) is 24.3 Å². The monoisotopic (exact) mass is 320 g/mol. The molecular weight excluding hydrogens is 288 g/mol. The first kappa shape index (κ1) is 19.3. The standard InChI is InChI=1S/C19H32N2O2/c1-18(2,3)12-13-20-16-11-9-8-10-15(16)14-21(7)17(22)23-19(4,5)6/h8-11,20H,12-14H2,1-7H3. The van der Waals surface area contributed by atoms with Gasteiger partial charge in [0.1, 0.15) is 5.60 Å². The summed E-state index contributed by atoms with van der Waals surface area (Å²) < 4.78 is 5.40. The second-order valence-electron chi connectivity index (χ2n) is 8.23. The number of nitrogens with zero attached hydrogens (tertiary/aromatic N) is 1. The van der Waals surface area contributed by atoms with E-state index in [4.69, 9.17) is 4.74 Å².